The highest BCUT2D eigenvalue weighted by molar-refractivity contribution is 6.29. The van der Waals surface area contributed by atoms with Crippen LogP contribution in [0.15, 0.2) is 24.0 Å². The Morgan fingerprint density at radius 3 is 2.67 bits per heavy atom. The number of halogens is 2. The number of alkyl halides is 1. The fraction of sp³-hybridized carbons (Fsp3) is 0.571. The molecule has 1 amide bonds. The molecule has 4 N–H and O–H groups in total. The zero-order valence-electron chi connectivity index (χ0n) is 17.6. The molecule has 1 aliphatic carbocycles. The summed E-state index contributed by atoms with van der Waals surface area (Å²) in [5.41, 5.74) is 0.131. The van der Waals surface area contributed by atoms with Gasteiger partial charge in [-0.3, -0.25) is 4.79 Å². The average molecular weight is 439 g/mol. The molecule has 30 heavy (non-hydrogen) atoms. The van der Waals surface area contributed by atoms with Crippen LogP contribution in [0.4, 0.5) is 10.1 Å². The van der Waals surface area contributed by atoms with Crippen molar-refractivity contribution in [1.29, 1.82) is 0 Å². The molecule has 0 radical (unpaired) electrons. The predicted octanol–water partition coefficient (Wildman–Crippen LogP) is 3.29. The number of aliphatic hydroxyl groups is 1. The number of anilines is 1. The summed E-state index contributed by atoms with van der Waals surface area (Å²) < 4.78 is 14.0. The second-order valence-corrected chi connectivity index (χ2v) is 8.53. The average Bonchev–Trinajstić information content (AvgIpc) is 2.70. The van der Waals surface area contributed by atoms with Crippen molar-refractivity contribution in [1.82, 2.24) is 15.6 Å². The number of carbonyl (C=O) groups is 1. The quantitative estimate of drug-likeness (QED) is 0.349. The summed E-state index contributed by atoms with van der Waals surface area (Å²) in [6.45, 7) is 2.39. The third-order valence-electron chi connectivity index (χ3n) is 5.34. The van der Waals surface area contributed by atoms with Crippen molar-refractivity contribution in [3.8, 4) is 0 Å². The van der Waals surface area contributed by atoms with Crippen LogP contribution in [-0.2, 0) is 0 Å². The van der Waals surface area contributed by atoms with Crippen LogP contribution in [0, 0.1) is 5.92 Å². The van der Waals surface area contributed by atoms with Gasteiger partial charge in [-0.15, -0.1) is 0 Å². The third kappa shape index (κ3) is 6.67. The van der Waals surface area contributed by atoms with Gasteiger partial charge in [0.1, 0.15) is 11.3 Å². The van der Waals surface area contributed by atoms with Gasteiger partial charge in [-0.05, 0) is 57.7 Å². The van der Waals surface area contributed by atoms with Gasteiger partial charge in [0.15, 0.2) is 0 Å². The van der Waals surface area contributed by atoms with Crippen molar-refractivity contribution in [2.24, 2.45) is 5.92 Å². The minimum Gasteiger partial charge on any atom is -0.810 e. The van der Waals surface area contributed by atoms with Crippen LogP contribution in [0.5, 0.6) is 0 Å². The Morgan fingerprint density at radius 1 is 1.43 bits per heavy atom. The summed E-state index contributed by atoms with van der Waals surface area (Å²) in [5, 5.41) is 28.2. The van der Waals surface area contributed by atoms with E-state index in [1.165, 1.54) is 20.0 Å². The summed E-state index contributed by atoms with van der Waals surface area (Å²) in [4.78, 5) is 16.5. The van der Waals surface area contributed by atoms with Gasteiger partial charge >= 0.3 is 0 Å². The minimum atomic E-state index is -1.60. The lowest BCUT2D eigenvalue weighted by molar-refractivity contribution is -0.00177. The topological polar surface area (TPSA) is 109 Å². The highest BCUT2D eigenvalue weighted by Gasteiger charge is 2.28. The SMILES string of the molecule is CN/C=C(\C=[N-])C1CCC(Nc2cc(Cl)ncc2C(=O)NC[C@@H](F)C(C)(C)O)CC1. The number of rotatable bonds is 9. The summed E-state index contributed by atoms with van der Waals surface area (Å²) in [6.07, 6.45) is 6.18. The second-order valence-electron chi connectivity index (χ2n) is 8.14. The van der Waals surface area contributed by atoms with Gasteiger partial charge in [0.05, 0.1) is 23.4 Å². The Bertz CT molecular complexity index is 773. The molecule has 0 saturated heterocycles. The van der Waals surface area contributed by atoms with E-state index in [0.29, 0.717) is 5.69 Å². The van der Waals surface area contributed by atoms with Crippen LogP contribution >= 0.6 is 11.6 Å². The van der Waals surface area contributed by atoms with Crippen LogP contribution in [0.25, 0.3) is 5.41 Å². The molecule has 0 aromatic carbocycles. The van der Waals surface area contributed by atoms with Crippen molar-refractivity contribution < 1.29 is 14.3 Å². The number of nitrogens with zero attached hydrogens (tertiary/aromatic N) is 2. The maximum Gasteiger partial charge on any atom is 0.255 e. The van der Waals surface area contributed by atoms with E-state index in [4.69, 9.17) is 11.6 Å². The molecule has 1 heterocycles. The molecule has 0 spiro atoms. The van der Waals surface area contributed by atoms with E-state index in [0.717, 1.165) is 37.5 Å². The molecule has 2 rings (SSSR count). The standard InChI is InChI=1S/C21H30ClFN5O2/c1-21(2,30)18(23)12-27-20(29)16-11-26-19(22)8-17(16)28-15-6-4-13(5-7-15)14(9-24)10-25-3/h8-11,13,15,18,25,30H,4-7,12H2,1-3H3,(H,26,28)(H,27,29)/q-1/b14-10+/t13?,15?,18-/m1/s1. The lowest BCUT2D eigenvalue weighted by Gasteiger charge is -2.31. The first-order valence-corrected chi connectivity index (χ1v) is 10.4. The van der Waals surface area contributed by atoms with Crippen molar-refractivity contribution in [3.05, 3.63) is 40.2 Å². The molecule has 1 saturated carbocycles. The van der Waals surface area contributed by atoms with Gasteiger partial charge in [0, 0.05) is 19.3 Å². The summed E-state index contributed by atoms with van der Waals surface area (Å²) >= 11 is 6.02. The smallest absolute Gasteiger partial charge is 0.255 e. The number of carbonyl (C=O) groups excluding carboxylic acids is 1. The molecular weight excluding hydrogens is 409 g/mol. The molecule has 0 aliphatic heterocycles. The Hall–Kier alpha value is -2.19. The van der Waals surface area contributed by atoms with Crippen LogP contribution < -0.4 is 16.0 Å². The lowest BCUT2D eigenvalue weighted by Crippen LogP contribution is -2.42. The fourth-order valence-electron chi connectivity index (χ4n) is 3.48. The molecule has 7 nitrogen and oxygen atoms in total. The molecule has 1 atom stereocenters. The maximum absolute atomic E-state index is 14.0. The Labute approximate surface area is 182 Å². The molecule has 9 heteroatoms. The van der Waals surface area contributed by atoms with E-state index in [2.05, 4.69) is 20.9 Å². The molecule has 166 valence electrons. The van der Waals surface area contributed by atoms with E-state index in [1.807, 2.05) is 0 Å². The zero-order valence-corrected chi connectivity index (χ0v) is 18.3. The number of allylic oxidation sites excluding steroid dienone is 1. The zero-order chi connectivity index (χ0) is 22.3. The Balaban J connectivity index is 2.03. The van der Waals surface area contributed by atoms with Crippen LogP contribution in [0.3, 0.4) is 0 Å². The molecule has 1 aromatic heterocycles. The largest absolute Gasteiger partial charge is 0.810 e. The van der Waals surface area contributed by atoms with Crippen molar-refractivity contribution in [3.63, 3.8) is 0 Å². The van der Waals surface area contributed by atoms with Gasteiger partial charge in [-0.2, -0.15) is 6.21 Å². The van der Waals surface area contributed by atoms with Crippen molar-refractivity contribution in [2.45, 2.75) is 57.3 Å². The molecule has 0 bridgehead atoms. The van der Waals surface area contributed by atoms with Crippen molar-refractivity contribution >= 4 is 29.4 Å². The molecular formula is C21H30ClFN5O2-. The first-order valence-electron chi connectivity index (χ1n) is 10.1. The van der Waals surface area contributed by atoms with E-state index in [9.17, 15) is 19.7 Å². The summed E-state index contributed by atoms with van der Waals surface area (Å²) in [7, 11) is 1.79. The maximum atomic E-state index is 14.0. The molecule has 1 fully saturated rings. The number of aromatic nitrogens is 1. The molecule has 1 aliphatic rings. The van der Waals surface area contributed by atoms with Gasteiger partial charge < -0.3 is 26.5 Å². The van der Waals surface area contributed by atoms with Crippen LogP contribution in [0.1, 0.15) is 49.9 Å². The van der Waals surface area contributed by atoms with E-state index in [1.54, 1.807) is 19.3 Å². The first kappa shape index (κ1) is 24.1. The number of nitrogens with one attached hydrogen (secondary N) is 3. The van der Waals surface area contributed by atoms with E-state index < -0.39 is 17.7 Å². The number of pyridine rings is 1. The first-order chi connectivity index (χ1) is 14.2. The summed E-state index contributed by atoms with van der Waals surface area (Å²) in [5.74, 6) is -0.219. The van der Waals surface area contributed by atoms with Gasteiger partial charge in [0.25, 0.3) is 5.91 Å². The molecule has 0 unspecified atom stereocenters. The predicted molar refractivity (Wildman–Crippen MR) is 119 cm³/mol. The highest BCUT2D eigenvalue weighted by atomic mass is 35.5. The third-order valence-corrected chi connectivity index (χ3v) is 5.55. The molecule has 1 aromatic rings. The number of amides is 1. The van der Waals surface area contributed by atoms with Crippen molar-refractivity contribution in [2.75, 3.05) is 18.9 Å². The Kier molecular flexibility index (Phi) is 8.61. The minimum absolute atomic E-state index is 0.131. The Morgan fingerprint density at radius 2 is 2.10 bits per heavy atom. The highest BCUT2D eigenvalue weighted by Crippen LogP contribution is 2.31. The van der Waals surface area contributed by atoms with Crippen LogP contribution in [0.2, 0.25) is 5.15 Å². The van der Waals surface area contributed by atoms with Crippen LogP contribution in [-0.4, -0.2) is 53.6 Å². The normalized spacial score (nSPS) is 20.9. The monoisotopic (exact) mass is 438 g/mol. The lowest BCUT2D eigenvalue weighted by atomic mass is 9.82. The van der Waals surface area contributed by atoms with Gasteiger partial charge in [-0.1, -0.05) is 17.2 Å². The van der Waals surface area contributed by atoms with Gasteiger partial charge in [0.2, 0.25) is 0 Å². The van der Waals surface area contributed by atoms with Gasteiger partial charge in [-0.25, -0.2) is 9.37 Å². The summed E-state index contributed by atoms with van der Waals surface area (Å²) in [6, 6.07) is 1.71. The van der Waals surface area contributed by atoms with E-state index >= 15 is 0 Å². The number of hydrogen-bond donors (Lipinski definition) is 4. The second kappa shape index (κ2) is 10.7. The van der Waals surface area contributed by atoms with E-state index in [-0.39, 0.29) is 29.2 Å². The fourth-order valence-corrected chi connectivity index (χ4v) is 3.63. The number of hydrogen-bond acceptors (Lipinski definition) is 5.